The smallest absolute Gasteiger partial charge is 0.340 e. The molecule has 0 radical (unpaired) electrons. The number of alkyl halides is 3. The van der Waals surface area contributed by atoms with Crippen LogP contribution in [-0.2, 0) is 12.7 Å². The third-order valence-corrected chi connectivity index (χ3v) is 5.71. The van der Waals surface area contributed by atoms with E-state index in [2.05, 4.69) is 4.98 Å². The first-order chi connectivity index (χ1) is 16.2. The number of nitriles is 1. The van der Waals surface area contributed by atoms with Gasteiger partial charge < -0.3 is 9.47 Å². The van der Waals surface area contributed by atoms with Crippen molar-refractivity contribution < 1.29 is 18.0 Å². The van der Waals surface area contributed by atoms with Crippen molar-refractivity contribution in [2.45, 2.75) is 47.3 Å². The summed E-state index contributed by atoms with van der Waals surface area (Å²) in [5, 5.41) is 9.19. The molecule has 0 aliphatic carbocycles. The van der Waals surface area contributed by atoms with Gasteiger partial charge in [-0.1, -0.05) is 51.1 Å². The van der Waals surface area contributed by atoms with Crippen molar-refractivity contribution in [2.75, 3.05) is 13.6 Å². The summed E-state index contributed by atoms with van der Waals surface area (Å²) in [6.45, 7) is 9.20. The Morgan fingerprint density at radius 2 is 1.77 bits per heavy atom. The summed E-state index contributed by atoms with van der Waals surface area (Å²) >= 11 is 0. The predicted octanol–water partition coefficient (Wildman–Crippen LogP) is 6.22. The number of carbonyl (C=O) groups is 1. The van der Waals surface area contributed by atoms with E-state index in [0.717, 1.165) is 4.57 Å². The summed E-state index contributed by atoms with van der Waals surface area (Å²) in [4.78, 5) is 19.4. The molecule has 0 saturated carbocycles. The second kappa shape index (κ2) is 9.57. The summed E-state index contributed by atoms with van der Waals surface area (Å²) in [5.41, 5.74) is 0.735. The minimum absolute atomic E-state index is 0.0416. The van der Waals surface area contributed by atoms with E-state index in [0.29, 0.717) is 23.2 Å². The maximum absolute atomic E-state index is 14.5. The molecule has 0 aliphatic heterocycles. The number of aryl methyl sites for hydroxylation is 1. The average Bonchev–Trinajstić information content (AvgIpc) is 3.04. The largest absolute Gasteiger partial charge is 0.431 e. The van der Waals surface area contributed by atoms with Crippen molar-refractivity contribution >= 4 is 5.91 Å². The SMILES string of the molecule is Cc1cc(C#N)ncc1-c1c(C)c(C(F)(F)F)n(Cc2ccccc2)c1C(=O)N(C)CC(C)(C)C. The highest BCUT2D eigenvalue weighted by Gasteiger charge is 2.42. The number of nitrogens with zero attached hydrogens (tertiary/aromatic N) is 4. The molecule has 0 aliphatic rings. The topological polar surface area (TPSA) is 61.9 Å². The standard InChI is InChI=1S/C27H29F3N4O/c1-17-12-20(13-31)32-14-21(17)22-18(2)24(27(28,29)30)34(15-19-10-8-7-9-11-19)23(22)25(35)33(6)16-26(3,4)5/h7-12,14H,15-16H2,1-6H3. The molecule has 0 fully saturated rings. The van der Waals surface area contributed by atoms with Gasteiger partial charge in [0.15, 0.2) is 0 Å². The monoisotopic (exact) mass is 482 g/mol. The van der Waals surface area contributed by atoms with Crippen LogP contribution in [0.5, 0.6) is 0 Å². The second-order valence-electron chi connectivity index (χ2n) is 9.98. The van der Waals surface area contributed by atoms with Crippen LogP contribution in [0, 0.1) is 30.6 Å². The van der Waals surface area contributed by atoms with E-state index in [1.165, 1.54) is 24.1 Å². The maximum atomic E-state index is 14.5. The Hall–Kier alpha value is -3.60. The number of benzene rings is 1. The zero-order chi connectivity index (χ0) is 26.1. The van der Waals surface area contributed by atoms with E-state index in [9.17, 15) is 23.2 Å². The molecule has 2 heterocycles. The number of halogens is 3. The van der Waals surface area contributed by atoms with E-state index in [1.54, 1.807) is 44.3 Å². The van der Waals surface area contributed by atoms with Crippen molar-refractivity contribution in [2.24, 2.45) is 5.41 Å². The minimum atomic E-state index is -4.69. The number of rotatable bonds is 5. The first-order valence-corrected chi connectivity index (χ1v) is 11.2. The van der Waals surface area contributed by atoms with E-state index in [1.807, 2.05) is 26.8 Å². The summed E-state index contributed by atoms with van der Waals surface area (Å²) in [5.74, 6) is -0.506. The van der Waals surface area contributed by atoms with Gasteiger partial charge in [-0.25, -0.2) is 4.98 Å². The van der Waals surface area contributed by atoms with Gasteiger partial charge in [-0.2, -0.15) is 18.4 Å². The number of amides is 1. The molecule has 5 nitrogen and oxygen atoms in total. The molecule has 0 bridgehead atoms. The molecule has 0 N–H and O–H groups in total. The molecule has 1 aromatic carbocycles. The number of aromatic nitrogens is 2. The van der Waals surface area contributed by atoms with Gasteiger partial charge >= 0.3 is 6.18 Å². The number of hydrogen-bond donors (Lipinski definition) is 0. The first-order valence-electron chi connectivity index (χ1n) is 11.2. The Kier molecular flexibility index (Phi) is 7.11. The summed E-state index contributed by atoms with van der Waals surface area (Å²) in [7, 11) is 1.60. The molecule has 184 valence electrons. The van der Waals surface area contributed by atoms with Crippen molar-refractivity contribution in [3.63, 3.8) is 0 Å². The van der Waals surface area contributed by atoms with Crippen LogP contribution in [0.25, 0.3) is 11.1 Å². The third-order valence-electron chi connectivity index (χ3n) is 5.71. The molecule has 35 heavy (non-hydrogen) atoms. The predicted molar refractivity (Wildman–Crippen MR) is 129 cm³/mol. The molecule has 0 atom stereocenters. The number of pyridine rings is 1. The van der Waals surface area contributed by atoms with Gasteiger partial charge in [0.1, 0.15) is 23.2 Å². The van der Waals surface area contributed by atoms with Crippen molar-refractivity contribution in [3.8, 4) is 17.2 Å². The zero-order valence-corrected chi connectivity index (χ0v) is 20.8. The molecular weight excluding hydrogens is 453 g/mol. The quantitative estimate of drug-likeness (QED) is 0.434. The van der Waals surface area contributed by atoms with Gasteiger partial charge in [-0.05, 0) is 42.0 Å². The van der Waals surface area contributed by atoms with Crippen LogP contribution in [-0.4, -0.2) is 34.0 Å². The Morgan fingerprint density at radius 1 is 1.14 bits per heavy atom. The molecule has 2 aromatic heterocycles. The highest BCUT2D eigenvalue weighted by Crippen LogP contribution is 2.42. The molecule has 8 heteroatoms. The molecule has 0 unspecified atom stereocenters. The van der Waals surface area contributed by atoms with Crippen molar-refractivity contribution in [1.29, 1.82) is 5.26 Å². The lowest BCUT2D eigenvalue weighted by Gasteiger charge is -2.28. The lowest BCUT2D eigenvalue weighted by Crippen LogP contribution is -2.36. The van der Waals surface area contributed by atoms with Crippen LogP contribution in [0.4, 0.5) is 13.2 Å². The van der Waals surface area contributed by atoms with Gasteiger partial charge in [0.25, 0.3) is 5.91 Å². The van der Waals surface area contributed by atoms with Gasteiger partial charge in [0, 0.05) is 37.5 Å². The highest BCUT2D eigenvalue weighted by atomic mass is 19.4. The molecule has 0 spiro atoms. The van der Waals surface area contributed by atoms with Gasteiger partial charge in [-0.15, -0.1) is 0 Å². The Labute approximate surface area is 203 Å². The number of carbonyl (C=O) groups excluding carboxylic acids is 1. The normalized spacial score (nSPS) is 11.9. The van der Waals surface area contributed by atoms with Crippen molar-refractivity contribution in [3.05, 3.63) is 76.4 Å². The van der Waals surface area contributed by atoms with Gasteiger partial charge in [0.2, 0.25) is 0 Å². The van der Waals surface area contributed by atoms with Crippen LogP contribution in [0.1, 0.15) is 59.3 Å². The molecule has 3 aromatic rings. The second-order valence-corrected chi connectivity index (χ2v) is 9.98. The van der Waals surface area contributed by atoms with E-state index in [4.69, 9.17) is 0 Å². The third kappa shape index (κ3) is 5.56. The molecule has 0 saturated heterocycles. The molecular formula is C27H29F3N4O. The fraction of sp³-hybridized carbons (Fsp3) is 0.370. The Balaban J connectivity index is 2.38. The Bertz CT molecular complexity index is 1280. The lowest BCUT2D eigenvalue weighted by atomic mass is 9.95. The number of hydrogen-bond acceptors (Lipinski definition) is 3. The first kappa shape index (κ1) is 26.0. The van der Waals surface area contributed by atoms with Crippen LogP contribution in [0.3, 0.4) is 0 Å². The van der Waals surface area contributed by atoms with Crippen LogP contribution in [0.15, 0.2) is 42.6 Å². The lowest BCUT2D eigenvalue weighted by molar-refractivity contribution is -0.143. The average molecular weight is 483 g/mol. The van der Waals surface area contributed by atoms with Crippen molar-refractivity contribution in [1.82, 2.24) is 14.5 Å². The summed E-state index contributed by atoms with van der Waals surface area (Å²) in [6.07, 6.45) is -3.31. The van der Waals surface area contributed by atoms with E-state index < -0.39 is 17.8 Å². The van der Waals surface area contributed by atoms with Crippen LogP contribution < -0.4 is 0 Å². The summed E-state index contributed by atoms with van der Waals surface area (Å²) in [6, 6.07) is 12.2. The molecule has 3 rings (SSSR count). The van der Waals surface area contributed by atoms with Gasteiger partial charge in [0.05, 0.1) is 0 Å². The summed E-state index contributed by atoms with van der Waals surface area (Å²) < 4.78 is 44.5. The van der Waals surface area contributed by atoms with Crippen LogP contribution in [0.2, 0.25) is 0 Å². The zero-order valence-electron chi connectivity index (χ0n) is 20.8. The Morgan fingerprint density at radius 3 is 2.29 bits per heavy atom. The highest BCUT2D eigenvalue weighted by molar-refractivity contribution is 6.01. The van der Waals surface area contributed by atoms with Gasteiger partial charge in [-0.3, -0.25) is 4.79 Å². The van der Waals surface area contributed by atoms with E-state index >= 15 is 0 Å². The maximum Gasteiger partial charge on any atom is 0.431 e. The molecule has 1 amide bonds. The fourth-order valence-corrected chi connectivity index (χ4v) is 4.43. The van der Waals surface area contributed by atoms with Crippen LogP contribution >= 0.6 is 0 Å². The fourth-order valence-electron chi connectivity index (χ4n) is 4.43. The van der Waals surface area contributed by atoms with E-state index in [-0.39, 0.29) is 34.5 Å². The minimum Gasteiger partial charge on any atom is -0.340 e.